The molecule has 3 aliphatic heterocycles. The molecule has 9 heteroatoms. The summed E-state index contributed by atoms with van der Waals surface area (Å²) in [7, 11) is 1.58. The molecule has 0 aliphatic carbocycles. The Bertz CT molecular complexity index is 987. The van der Waals surface area contributed by atoms with Gasteiger partial charge in [0.1, 0.15) is 11.8 Å². The normalized spacial score (nSPS) is 32.8. The highest BCUT2D eigenvalue weighted by atomic mass is 32.2. The summed E-state index contributed by atoms with van der Waals surface area (Å²) >= 11 is 1.60. The number of likely N-dealkylation sites (tertiary alicyclic amines) is 1. The molecule has 35 heavy (non-hydrogen) atoms. The second-order valence-corrected chi connectivity index (χ2v) is 12.0. The van der Waals surface area contributed by atoms with Gasteiger partial charge < -0.3 is 24.8 Å². The molecule has 0 saturated carbocycles. The standard InChI is InChI=1S/C26H36N2O6S/c1-6-15(3)18(14-29)28-21(22(30)27-16-8-10-17(33-5)11-9-16)26-13-12-25(4,35-26)20(19(26)23(28)31)24(32)34-7-2/h8-11,15,18-21,29H,6-7,12-14H2,1-5H3,(H,27,30)/t15-,18-,19-,20+,21?,25-,26?/m0/s1. The van der Waals surface area contributed by atoms with Crippen molar-refractivity contribution in [2.24, 2.45) is 17.8 Å². The number of carbonyl (C=O) groups is 3. The molecule has 7 atom stereocenters. The third-order valence-corrected chi connectivity index (χ3v) is 10.2. The number of rotatable bonds is 9. The van der Waals surface area contributed by atoms with Gasteiger partial charge in [-0.1, -0.05) is 20.3 Å². The molecule has 0 aromatic heterocycles. The number of methoxy groups -OCH3 is 1. The minimum Gasteiger partial charge on any atom is -0.497 e. The molecular formula is C26H36N2O6S. The van der Waals surface area contributed by atoms with Crippen molar-refractivity contribution in [3.63, 3.8) is 0 Å². The Hall–Kier alpha value is -2.26. The number of aliphatic hydroxyl groups is 1. The lowest BCUT2D eigenvalue weighted by atomic mass is 9.66. The van der Waals surface area contributed by atoms with Crippen molar-refractivity contribution in [2.75, 3.05) is 25.6 Å². The Labute approximate surface area is 211 Å². The fraction of sp³-hybridized carbons (Fsp3) is 0.654. The second kappa shape index (κ2) is 9.65. The van der Waals surface area contributed by atoms with Crippen LogP contribution in [0.5, 0.6) is 5.75 Å². The summed E-state index contributed by atoms with van der Waals surface area (Å²) in [6, 6.07) is 5.71. The predicted molar refractivity (Wildman–Crippen MR) is 134 cm³/mol. The number of hydrogen-bond donors (Lipinski definition) is 2. The van der Waals surface area contributed by atoms with E-state index in [-0.39, 0.29) is 36.9 Å². The van der Waals surface area contributed by atoms with Crippen molar-refractivity contribution in [3.05, 3.63) is 24.3 Å². The molecule has 3 fully saturated rings. The van der Waals surface area contributed by atoms with Crippen molar-refractivity contribution in [1.82, 2.24) is 4.90 Å². The van der Waals surface area contributed by atoms with E-state index in [0.717, 1.165) is 12.8 Å². The van der Waals surface area contributed by atoms with Gasteiger partial charge in [-0.25, -0.2) is 0 Å². The van der Waals surface area contributed by atoms with Crippen LogP contribution in [0.4, 0.5) is 5.69 Å². The van der Waals surface area contributed by atoms with Crippen molar-refractivity contribution in [3.8, 4) is 5.75 Å². The van der Waals surface area contributed by atoms with E-state index in [1.807, 2.05) is 20.8 Å². The number of nitrogens with one attached hydrogen (secondary N) is 1. The van der Waals surface area contributed by atoms with Gasteiger partial charge in [-0.3, -0.25) is 14.4 Å². The molecule has 192 valence electrons. The number of benzene rings is 1. The van der Waals surface area contributed by atoms with Gasteiger partial charge in [-0.15, -0.1) is 11.8 Å². The number of esters is 1. The summed E-state index contributed by atoms with van der Waals surface area (Å²) in [6.07, 6.45) is 2.11. The Morgan fingerprint density at radius 2 is 1.94 bits per heavy atom. The summed E-state index contributed by atoms with van der Waals surface area (Å²) in [5.74, 6) is -1.52. The second-order valence-electron chi connectivity index (χ2n) is 10.1. The summed E-state index contributed by atoms with van der Waals surface area (Å²) in [6.45, 7) is 7.74. The molecule has 3 saturated heterocycles. The highest BCUT2D eigenvalue weighted by Crippen LogP contribution is 2.71. The Morgan fingerprint density at radius 1 is 1.26 bits per heavy atom. The van der Waals surface area contributed by atoms with Crippen LogP contribution in [-0.2, 0) is 19.1 Å². The molecule has 1 aromatic rings. The summed E-state index contributed by atoms with van der Waals surface area (Å²) < 4.78 is 9.41. The van der Waals surface area contributed by atoms with E-state index in [4.69, 9.17) is 9.47 Å². The van der Waals surface area contributed by atoms with Crippen LogP contribution in [0.1, 0.15) is 47.0 Å². The Balaban J connectivity index is 1.77. The van der Waals surface area contributed by atoms with Crippen LogP contribution in [0, 0.1) is 17.8 Å². The number of amides is 2. The average molecular weight is 505 g/mol. The lowest BCUT2D eigenvalue weighted by molar-refractivity contribution is -0.155. The maximum absolute atomic E-state index is 14.1. The third-order valence-electron chi connectivity index (χ3n) is 8.21. The molecule has 3 aliphatic rings. The predicted octanol–water partition coefficient (Wildman–Crippen LogP) is 3.09. The first kappa shape index (κ1) is 25.8. The van der Waals surface area contributed by atoms with Crippen LogP contribution in [0.2, 0.25) is 0 Å². The van der Waals surface area contributed by atoms with E-state index >= 15 is 0 Å². The highest BCUT2D eigenvalue weighted by molar-refractivity contribution is 8.02. The topological polar surface area (TPSA) is 105 Å². The Morgan fingerprint density at radius 3 is 2.51 bits per heavy atom. The fourth-order valence-electron chi connectivity index (χ4n) is 6.31. The van der Waals surface area contributed by atoms with Gasteiger partial charge in [0.05, 0.1) is 42.9 Å². The van der Waals surface area contributed by atoms with Crippen LogP contribution in [0.3, 0.4) is 0 Å². The van der Waals surface area contributed by atoms with Crippen molar-refractivity contribution in [1.29, 1.82) is 0 Å². The van der Waals surface area contributed by atoms with E-state index in [1.165, 1.54) is 0 Å². The minimum absolute atomic E-state index is 0.0192. The zero-order valence-corrected chi connectivity index (χ0v) is 21.9. The quantitative estimate of drug-likeness (QED) is 0.498. The summed E-state index contributed by atoms with van der Waals surface area (Å²) in [5, 5.41) is 13.3. The van der Waals surface area contributed by atoms with Crippen LogP contribution in [0.15, 0.2) is 24.3 Å². The minimum atomic E-state index is -0.806. The molecule has 2 N–H and O–H groups in total. The lowest BCUT2D eigenvalue weighted by Crippen LogP contribution is -2.56. The number of fused-ring (bicyclic) bond motifs is 1. The van der Waals surface area contributed by atoms with Crippen LogP contribution in [0.25, 0.3) is 0 Å². The molecule has 0 radical (unpaired) electrons. The van der Waals surface area contributed by atoms with Crippen molar-refractivity contribution >= 4 is 35.2 Å². The largest absolute Gasteiger partial charge is 0.497 e. The SMILES string of the molecule is CCOC(=O)[C@H]1[C@H]2C(=O)N([C@@H](CO)[C@@H](C)CC)C(C(=O)Nc3ccc(OC)cc3)C23CC[C@]1(C)S3. The van der Waals surface area contributed by atoms with Crippen molar-refractivity contribution in [2.45, 2.75) is 68.5 Å². The first-order chi connectivity index (χ1) is 16.7. The summed E-state index contributed by atoms with van der Waals surface area (Å²) in [4.78, 5) is 42.8. The monoisotopic (exact) mass is 504 g/mol. The van der Waals surface area contributed by atoms with Gasteiger partial charge in [0.2, 0.25) is 11.8 Å². The van der Waals surface area contributed by atoms with Crippen LogP contribution in [-0.4, -0.2) is 69.7 Å². The van der Waals surface area contributed by atoms with Crippen molar-refractivity contribution < 1.29 is 29.0 Å². The van der Waals surface area contributed by atoms with Gasteiger partial charge in [0, 0.05) is 10.4 Å². The fourth-order valence-corrected chi connectivity index (χ4v) is 8.64. The van der Waals surface area contributed by atoms with E-state index in [2.05, 4.69) is 5.32 Å². The lowest BCUT2D eigenvalue weighted by Gasteiger charge is -2.39. The molecule has 2 bridgehead atoms. The zero-order valence-electron chi connectivity index (χ0n) is 21.1. The molecule has 1 spiro atoms. The number of thioether (sulfide) groups is 1. The van der Waals surface area contributed by atoms with Gasteiger partial charge in [0.25, 0.3) is 0 Å². The Kier molecular flexibility index (Phi) is 7.12. The molecule has 2 amide bonds. The van der Waals surface area contributed by atoms with Crippen LogP contribution < -0.4 is 10.1 Å². The van der Waals surface area contributed by atoms with Gasteiger partial charge in [-0.05, 0) is 56.9 Å². The first-order valence-corrected chi connectivity index (χ1v) is 13.2. The van der Waals surface area contributed by atoms with Gasteiger partial charge >= 0.3 is 5.97 Å². The van der Waals surface area contributed by atoms with Gasteiger partial charge in [-0.2, -0.15) is 0 Å². The van der Waals surface area contributed by atoms with E-state index < -0.39 is 33.4 Å². The number of ether oxygens (including phenoxy) is 2. The van der Waals surface area contributed by atoms with E-state index in [9.17, 15) is 19.5 Å². The summed E-state index contributed by atoms with van der Waals surface area (Å²) in [5.41, 5.74) is 0.595. The maximum atomic E-state index is 14.1. The van der Waals surface area contributed by atoms with Crippen LogP contribution >= 0.6 is 11.8 Å². The molecular weight excluding hydrogens is 468 g/mol. The van der Waals surface area contributed by atoms with E-state index in [0.29, 0.717) is 17.9 Å². The third kappa shape index (κ3) is 4.00. The maximum Gasteiger partial charge on any atom is 0.311 e. The van der Waals surface area contributed by atoms with E-state index in [1.54, 1.807) is 55.0 Å². The first-order valence-electron chi connectivity index (χ1n) is 12.4. The number of hydrogen-bond acceptors (Lipinski definition) is 7. The molecule has 8 nitrogen and oxygen atoms in total. The number of aliphatic hydroxyl groups excluding tert-OH is 1. The smallest absolute Gasteiger partial charge is 0.311 e. The van der Waals surface area contributed by atoms with Gasteiger partial charge in [0.15, 0.2) is 0 Å². The number of nitrogens with zero attached hydrogens (tertiary/aromatic N) is 1. The molecule has 4 rings (SSSR count). The number of carbonyl (C=O) groups excluding carboxylic acids is 3. The number of anilines is 1. The zero-order chi connectivity index (χ0) is 25.5. The average Bonchev–Trinajstić information content (AvgIpc) is 3.41. The highest BCUT2D eigenvalue weighted by Gasteiger charge is 2.78. The molecule has 3 heterocycles. The molecule has 1 aromatic carbocycles. The molecule has 2 unspecified atom stereocenters.